The number of rotatable bonds is 5. The standard InChI is InChI=1S/C15H20F2N2O2/c1-10(19-14(20)12-7-4-5-9-18-12)11-6-2-3-8-13(11)21-15(16)17/h2-3,6,8,10,12,15,18H,4-5,7,9H2,1H3,(H,19,20). The molecule has 2 N–H and O–H groups in total. The van der Waals surface area contributed by atoms with Crippen LogP contribution in [0.1, 0.15) is 37.8 Å². The van der Waals surface area contributed by atoms with E-state index >= 15 is 0 Å². The molecular formula is C15H20F2N2O2. The Morgan fingerprint density at radius 2 is 2.14 bits per heavy atom. The van der Waals surface area contributed by atoms with E-state index in [0.717, 1.165) is 25.8 Å². The summed E-state index contributed by atoms with van der Waals surface area (Å²) in [6, 6.07) is 5.91. The number of nitrogens with one attached hydrogen (secondary N) is 2. The monoisotopic (exact) mass is 298 g/mol. The average Bonchev–Trinajstić information content (AvgIpc) is 2.48. The normalized spacial score (nSPS) is 20.1. The van der Waals surface area contributed by atoms with Gasteiger partial charge in [-0.25, -0.2) is 0 Å². The maximum Gasteiger partial charge on any atom is 0.387 e. The maximum absolute atomic E-state index is 12.4. The van der Waals surface area contributed by atoms with E-state index in [4.69, 9.17) is 0 Å². The Kier molecular flexibility index (Phi) is 5.50. The topological polar surface area (TPSA) is 50.4 Å². The second-order valence-electron chi connectivity index (χ2n) is 5.15. The second kappa shape index (κ2) is 7.36. The molecule has 1 amide bonds. The third-order valence-corrected chi connectivity index (χ3v) is 3.59. The predicted molar refractivity (Wildman–Crippen MR) is 75.3 cm³/mol. The van der Waals surface area contributed by atoms with E-state index in [1.165, 1.54) is 6.07 Å². The Bertz CT molecular complexity index is 476. The van der Waals surface area contributed by atoms with Crippen molar-refractivity contribution in [3.05, 3.63) is 29.8 Å². The zero-order valence-corrected chi connectivity index (χ0v) is 11.9. The number of halogens is 2. The molecule has 116 valence electrons. The maximum atomic E-state index is 12.4. The summed E-state index contributed by atoms with van der Waals surface area (Å²) in [6.07, 6.45) is 2.89. The van der Waals surface area contributed by atoms with Gasteiger partial charge >= 0.3 is 6.61 Å². The summed E-state index contributed by atoms with van der Waals surface area (Å²) in [5.74, 6) is -0.00838. The smallest absolute Gasteiger partial charge is 0.387 e. The minimum atomic E-state index is -2.88. The van der Waals surface area contributed by atoms with Crippen molar-refractivity contribution in [2.75, 3.05) is 6.54 Å². The van der Waals surface area contributed by atoms with Crippen molar-refractivity contribution in [3.63, 3.8) is 0 Å². The first kappa shape index (κ1) is 15.7. The molecule has 0 radical (unpaired) electrons. The minimum absolute atomic E-state index is 0.0944. The number of alkyl halides is 2. The summed E-state index contributed by atoms with van der Waals surface area (Å²) in [5.41, 5.74) is 0.543. The van der Waals surface area contributed by atoms with Crippen LogP contribution in [0, 0.1) is 0 Å². The Balaban J connectivity index is 2.02. The Morgan fingerprint density at radius 3 is 2.81 bits per heavy atom. The van der Waals surface area contributed by atoms with E-state index in [1.807, 2.05) is 0 Å². The van der Waals surface area contributed by atoms with Gasteiger partial charge in [-0.05, 0) is 32.4 Å². The van der Waals surface area contributed by atoms with E-state index in [-0.39, 0.29) is 17.7 Å². The molecule has 0 bridgehead atoms. The highest BCUT2D eigenvalue weighted by molar-refractivity contribution is 5.82. The molecule has 6 heteroatoms. The first-order valence-electron chi connectivity index (χ1n) is 7.15. The van der Waals surface area contributed by atoms with Gasteiger partial charge in [0.15, 0.2) is 0 Å². The third-order valence-electron chi connectivity index (χ3n) is 3.59. The van der Waals surface area contributed by atoms with Crippen LogP contribution in [-0.4, -0.2) is 25.1 Å². The fourth-order valence-corrected chi connectivity index (χ4v) is 2.51. The van der Waals surface area contributed by atoms with E-state index in [1.54, 1.807) is 25.1 Å². The average molecular weight is 298 g/mol. The van der Waals surface area contributed by atoms with Crippen LogP contribution in [0.15, 0.2) is 24.3 Å². The van der Waals surface area contributed by atoms with Gasteiger partial charge in [0.05, 0.1) is 12.1 Å². The van der Waals surface area contributed by atoms with Crippen molar-refractivity contribution in [2.45, 2.75) is 44.9 Å². The lowest BCUT2D eigenvalue weighted by atomic mass is 10.0. The highest BCUT2D eigenvalue weighted by atomic mass is 19.3. The van der Waals surface area contributed by atoms with Crippen LogP contribution in [-0.2, 0) is 4.79 Å². The molecule has 1 fully saturated rings. The summed E-state index contributed by atoms with van der Waals surface area (Å²) < 4.78 is 29.3. The van der Waals surface area contributed by atoms with Gasteiger partial charge in [0.1, 0.15) is 5.75 Å². The van der Waals surface area contributed by atoms with Gasteiger partial charge in [-0.2, -0.15) is 8.78 Å². The van der Waals surface area contributed by atoms with Gasteiger partial charge in [0, 0.05) is 5.56 Å². The fourth-order valence-electron chi connectivity index (χ4n) is 2.51. The number of amides is 1. The van der Waals surface area contributed by atoms with Crippen molar-refractivity contribution < 1.29 is 18.3 Å². The number of hydrogen-bond acceptors (Lipinski definition) is 3. The molecule has 2 atom stereocenters. The zero-order valence-electron chi connectivity index (χ0n) is 11.9. The van der Waals surface area contributed by atoms with Gasteiger partial charge in [-0.15, -0.1) is 0 Å². The van der Waals surface area contributed by atoms with Crippen molar-refractivity contribution in [1.29, 1.82) is 0 Å². The highest BCUT2D eigenvalue weighted by Gasteiger charge is 2.23. The van der Waals surface area contributed by atoms with Gasteiger partial charge < -0.3 is 15.4 Å². The van der Waals surface area contributed by atoms with Crippen molar-refractivity contribution in [2.24, 2.45) is 0 Å². The number of hydrogen-bond donors (Lipinski definition) is 2. The quantitative estimate of drug-likeness (QED) is 0.878. The molecule has 0 spiro atoms. The molecule has 2 rings (SSSR count). The molecular weight excluding hydrogens is 278 g/mol. The number of carbonyl (C=O) groups excluding carboxylic acids is 1. The molecule has 0 saturated carbocycles. The number of para-hydroxylation sites is 1. The highest BCUT2D eigenvalue weighted by Crippen LogP contribution is 2.26. The number of benzene rings is 1. The molecule has 0 aliphatic carbocycles. The summed E-state index contributed by atoms with van der Waals surface area (Å²) in [4.78, 5) is 12.2. The molecule has 1 aromatic rings. The number of ether oxygens (including phenoxy) is 1. The molecule has 1 aliphatic rings. The van der Waals surface area contributed by atoms with Gasteiger partial charge in [0.2, 0.25) is 5.91 Å². The van der Waals surface area contributed by atoms with E-state index < -0.39 is 12.7 Å². The SMILES string of the molecule is CC(NC(=O)C1CCCCN1)c1ccccc1OC(F)F. The Labute approximate surface area is 122 Å². The first-order chi connectivity index (χ1) is 10.1. The first-order valence-corrected chi connectivity index (χ1v) is 7.15. The lowest BCUT2D eigenvalue weighted by Crippen LogP contribution is -2.47. The molecule has 1 aromatic carbocycles. The summed E-state index contributed by atoms with van der Waals surface area (Å²) in [5, 5.41) is 6.01. The molecule has 2 unspecified atom stereocenters. The molecule has 0 aromatic heterocycles. The van der Waals surface area contributed by atoms with Gasteiger partial charge in [-0.1, -0.05) is 24.6 Å². The molecule has 21 heavy (non-hydrogen) atoms. The summed E-state index contributed by atoms with van der Waals surface area (Å²) in [7, 11) is 0. The van der Waals surface area contributed by atoms with Crippen LogP contribution >= 0.6 is 0 Å². The van der Waals surface area contributed by atoms with Crippen LogP contribution < -0.4 is 15.4 Å². The van der Waals surface area contributed by atoms with Crippen LogP contribution in [0.25, 0.3) is 0 Å². The van der Waals surface area contributed by atoms with Gasteiger partial charge in [-0.3, -0.25) is 4.79 Å². The van der Waals surface area contributed by atoms with E-state index in [2.05, 4.69) is 15.4 Å². The van der Waals surface area contributed by atoms with Crippen LogP contribution in [0.3, 0.4) is 0 Å². The van der Waals surface area contributed by atoms with E-state index in [0.29, 0.717) is 5.56 Å². The lowest BCUT2D eigenvalue weighted by molar-refractivity contribution is -0.124. The molecule has 1 heterocycles. The van der Waals surface area contributed by atoms with Crippen LogP contribution in [0.5, 0.6) is 5.75 Å². The van der Waals surface area contributed by atoms with Crippen molar-refractivity contribution in [3.8, 4) is 5.75 Å². The largest absolute Gasteiger partial charge is 0.434 e. The fraction of sp³-hybridized carbons (Fsp3) is 0.533. The predicted octanol–water partition coefficient (Wildman–Crippen LogP) is 2.61. The van der Waals surface area contributed by atoms with Crippen molar-refractivity contribution >= 4 is 5.91 Å². The van der Waals surface area contributed by atoms with Crippen molar-refractivity contribution in [1.82, 2.24) is 10.6 Å². The summed E-state index contributed by atoms with van der Waals surface area (Å²) in [6.45, 7) is -0.291. The summed E-state index contributed by atoms with van der Waals surface area (Å²) >= 11 is 0. The zero-order chi connectivity index (χ0) is 15.2. The Hall–Kier alpha value is -1.69. The lowest BCUT2D eigenvalue weighted by Gasteiger charge is -2.25. The number of piperidine rings is 1. The minimum Gasteiger partial charge on any atom is -0.434 e. The Morgan fingerprint density at radius 1 is 1.38 bits per heavy atom. The number of carbonyl (C=O) groups is 1. The van der Waals surface area contributed by atoms with Crippen LogP contribution in [0.4, 0.5) is 8.78 Å². The molecule has 1 saturated heterocycles. The van der Waals surface area contributed by atoms with Crippen LogP contribution in [0.2, 0.25) is 0 Å². The molecule has 1 aliphatic heterocycles. The molecule has 4 nitrogen and oxygen atoms in total. The third kappa shape index (κ3) is 4.39. The van der Waals surface area contributed by atoms with Gasteiger partial charge in [0.25, 0.3) is 0 Å². The second-order valence-corrected chi connectivity index (χ2v) is 5.15. The van der Waals surface area contributed by atoms with E-state index in [9.17, 15) is 13.6 Å².